The van der Waals surface area contributed by atoms with Gasteiger partial charge in [0.2, 0.25) is 0 Å². The molecule has 0 aliphatic heterocycles. The van der Waals surface area contributed by atoms with Crippen LogP contribution in [-0.2, 0) is 9.53 Å². The van der Waals surface area contributed by atoms with E-state index in [1.807, 2.05) is 0 Å². The van der Waals surface area contributed by atoms with E-state index < -0.39 is 6.10 Å². The lowest BCUT2D eigenvalue weighted by Gasteiger charge is -2.04. The van der Waals surface area contributed by atoms with Crippen LogP contribution in [0.1, 0.15) is 51.9 Å². The van der Waals surface area contributed by atoms with E-state index >= 15 is 0 Å². The Labute approximate surface area is 111 Å². The third-order valence-corrected chi connectivity index (χ3v) is 2.73. The number of allylic oxidation sites excluding steroid dienone is 2. The van der Waals surface area contributed by atoms with Crippen molar-refractivity contribution in [2.75, 3.05) is 7.11 Å². The van der Waals surface area contributed by atoms with Crippen molar-refractivity contribution in [2.24, 2.45) is 0 Å². The highest BCUT2D eigenvalue weighted by molar-refractivity contribution is 5.82. The summed E-state index contributed by atoms with van der Waals surface area (Å²) in [7, 11) is 1.34. The molecule has 0 bridgehead atoms. The molecule has 0 saturated carbocycles. The van der Waals surface area contributed by atoms with Crippen molar-refractivity contribution in [3.05, 3.63) is 24.3 Å². The number of hydrogen-bond acceptors (Lipinski definition) is 3. The highest BCUT2D eigenvalue weighted by Gasteiger charge is 1.98. The van der Waals surface area contributed by atoms with E-state index in [1.165, 1.54) is 45.3 Å². The highest BCUT2D eigenvalue weighted by Crippen LogP contribution is 2.09. The summed E-state index contributed by atoms with van der Waals surface area (Å²) in [4.78, 5) is 10.7. The maximum atomic E-state index is 10.7. The van der Waals surface area contributed by atoms with Gasteiger partial charge in [-0.25, -0.2) is 4.79 Å². The lowest BCUT2D eigenvalue weighted by Crippen LogP contribution is -2.01. The Kier molecular flexibility index (Phi) is 11.6. The minimum Gasteiger partial charge on any atom is -0.466 e. The van der Waals surface area contributed by atoms with Gasteiger partial charge in [-0.05, 0) is 6.42 Å². The second kappa shape index (κ2) is 12.4. The van der Waals surface area contributed by atoms with Crippen LogP contribution < -0.4 is 0 Å². The van der Waals surface area contributed by atoms with Crippen LogP contribution in [0.5, 0.6) is 0 Å². The fourth-order valence-electron chi connectivity index (χ4n) is 1.62. The SMILES string of the molecule is CCCCCCCC[C@@H](O)/C=C/C=C/C(=O)OC. The van der Waals surface area contributed by atoms with Crippen LogP contribution in [0.15, 0.2) is 24.3 Å². The largest absolute Gasteiger partial charge is 0.466 e. The highest BCUT2D eigenvalue weighted by atomic mass is 16.5. The number of esters is 1. The van der Waals surface area contributed by atoms with Crippen LogP contribution in [0.4, 0.5) is 0 Å². The quantitative estimate of drug-likeness (QED) is 0.281. The van der Waals surface area contributed by atoms with E-state index in [2.05, 4.69) is 11.7 Å². The van der Waals surface area contributed by atoms with Crippen LogP contribution >= 0.6 is 0 Å². The molecular weight excluding hydrogens is 228 g/mol. The Balaban J connectivity index is 3.52. The molecule has 18 heavy (non-hydrogen) atoms. The van der Waals surface area contributed by atoms with Gasteiger partial charge in [-0.15, -0.1) is 0 Å². The fourth-order valence-corrected chi connectivity index (χ4v) is 1.62. The zero-order chi connectivity index (χ0) is 13.6. The fraction of sp³-hybridized carbons (Fsp3) is 0.667. The summed E-state index contributed by atoms with van der Waals surface area (Å²) >= 11 is 0. The number of unbranched alkanes of at least 4 members (excludes halogenated alkanes) is 5. The van der Waals surface area contributed by atoms with E-state index in [9.17, 15) is 9.90 Å². The predicted octanol–water partition coefficient (Wildman–Crippen LogP) is 3.38. The number of rotatable bonds is 10. The van der Waals surface area contributed by atoms with Gasteiger partial charge in [0.1, 0.15) is 0 Å². The number of methoxy groups -OCH3 is 1. The van der Waals surface area contributed by atoms with Crippen LogP contribution in [0.3, 0.4) is 0 Å². The van der Waals surface area contributed by atoms with Gasteiger partial charge in [0, 0.05) is 6.08 Å². The molecule has 0 fully saturated rings. The van der Waals surface area contributed by atoms with E-state index in [0.29, 0.717) is 0 Å². The molecule has 1 N–H and O–H groups in total. The Morgan fingerprint density at radius 1 is 1.17 bits per heavy atom. The second-order valence-electron chi connectivity index (χ2n) is 4.39. The van der Waals surface area contributed by atoms with Crippen molar-refractivity contribution < 1.29 is 14.6 Å². The number of aliphatic hydroxyl groups is 1. The van der Waals surface area contributed by atoms with Gasteiger partial charge in [-0.3, -0.25) is 0 Å². The molecule has 0 aliphatic rings. The standard InChI is InChI=1S/C15H26O3/c1-3-4-5-6-7-8-11-14(16)12-9-10-13-15(17)18-2/h9-10,12-14,16H,3-8,11H2,1-2H3/b12-9+,13-10+/t14-/m1/s1. The maximum absolute atomic E-state index is 10.7. The van der Waals surface area contributed by atoms with E-state index in [0.717, 1.165) is 12.8 Å². The molecule has 0 spiro atoms. The van der Waals surface area contributed by atoms with Crippen molar-refractivity contribution in [1.82, 2.24) is 0 Å². The third-order valence-electron chi connectivity index (χ3n) is 2.73. The number of hydrogen-bond donors (Lipinski definition) is 1. The van der Waals surface area contributed by atoms with Gasteiger partial charge in [0.15, 0.2) is 0 Å². The van der Waals surface area contributed by atoms with E-state index in [4.69, 9.17) is 0 Å². The first-order chi connectivity index (χ1) is 8.70. The minimum absolute atomic E-state index is 0.384. The lowest BCUT2D eigenvalue weighted by molar-refractivity contribution is -0.134. The molecule has 0 unspecified atom stereocenters. The smallest absolute Gasteiger partial charge is 0.330 e. The summed E-state index contributed by atoms with van der Waals surface area (Å²) < 4.78 is 4.45. The predicted molar refractivity (Wildman–Crippen MR) is 74.3 cm³/mol. The third kappa shape index (κ3) is 11.4. The normalized spacial score (nSPS) is 13.3. The molecule has 0 aliphatic carbocycles. The number of carbonyl (C=O) groups is 1. The van der Waals surface area contributed by atoms with Crippen LogP contribution in [0.25, 0.3) is 0 Å². The Bertz CT molecular complexity index is 256. The molecule has 3 nitrogen and oxygen atoms in total. The molecule has 0 aromatic rings. The average Bonchev–Trinajstić information content (AvgIpc) is 2.38. The molecule has 0 aromatic heterocycles. The Morgan fingerprint density at radius 2 is 1.83 bits per heavy atom. The van der Waals surface area contributed by atoms with Crippen LogP contribution in [0.2, 0.25) is 0 Å². The Morgan fingerprint density at radius 3 is 2.50 bits per heavy atom. The Hall–Kier alpha value is -1.09. The van der Waals surface area contributed by atoms with Gasteiger partial charge in [0.05, 0.1) is 13.2 Å². The molecule has 0 radical (unpaired) electrons. The summed E-state index contributed by atoms with van der Waals surface area (Å²) in [5.74, 6) is -0.384. The molecule has 104 valence electrons. The van der Waals surface area contributed by atoms with Crippen molar-refractivity contribution >= 4 is 5.97 Å². The van der Waals surface area contributed by atoms with Crippen molar-refractivity contribution in [3.63, 3.8) is 0 Å². The van der Waals surface area contributed by atoms with Gasteiger partial charge >= 0.3 is 5.97 Å². The number of carbonyl (C=O) groups excluding carboxylic acids is 1. The molecular formula is C15H26O3. The molecule has 0 amide bonds. The summed E-state index contributed by atoms with van der Waals surface area (Å²) in [6.45, 7) is 2.20. The molecule has 0 aromatic carbocycles. The van der Waals surface area contributed by atoms with Crippen molar-refractivity contribution in [2.45, 2.75) is 58.0 Å². The molecule has 0 rings (SSSR count). The summed E-state index contributed by atoms with van der Waals surface area (Å²) in [6.07, 6.45) is 14.0. The van der Waals surface area contributed by atoms with Crippen LogP contribution in [-0.4, -0.2) is 24.3 Å². The maximum Gasteiger partial charge on any atom is 0.330 e. The lowest BCUT2D eigenvalue weighted by atomic mass is 10.1. The van der Waals surface area contributed by atoms with Crippen molar-refractivity contribution in [1.29, 1.82) is 0 Å². The van der Waals surface area contributed by atoms with Gasteiger partial charge in [-0.2, -0.15) is 0 Å². The van der Waals surface area contributed by atoms with Crippen molar-refractivity contribution in [3.8, 4) is 0 Å². The molecule has 3 heteroatoms. The zero-order valence-electron chi connectivity index (χ0n) is 11.6. The first-order valence-corrected chi connectivity index (χ1v) is 6.81. The minimum atomic E-state index is -0.418. The van der Waals surface area contributed by atoms with Gasteiger partial charge in [0.25, 0.3) is 0 Å². The number of ether oxygens (including phenoxy) is 1. The monoisotopic (exact) mass is 254 g/mol. The van der Waals surface area contributed by atoms with Gasteiger partial charge < -0.3 is 9.84 Å². The first kappa shape index (κ1) is 16.9. The first-order valence-electron chi connectivity index (χ1n) is 6.81. The second-order valence-corrected chi connectivity index (χ2v) is 4.39. The van der Waals surface area contributed by atoms with E-state index in [-0.39, 0.29) is 5.97 Å². The molecule has 0 heterocycles. The van der Waals surface area contributed by atoms with Gasteiger partial charge in [-0.1, -0.05) is 63.7 Å². The average molecular weight is 254 g/mol. The van der Waals surface area contributed by atoms with E-state index in [1.54, 1.807) is 18.2 Å². The molecule has 1 atom stereocenters. The topological polar surface area (TPSA) is 46.5 Å². The summed E-state index contributed by atoms with van der Waals surface area (Å²) in [6, 6.07) is 0. The summed E-state index contributed by atoms with van der Waals surface area (Å²) in [5.41, 5.74) is 0. The van der Waals surface area contributed by atoms with Crippen LogP contribution in [0, 0.1) is 0 Å². The zero-order valence-corrected chi connectivity index (χ0v) is 11.6. The summed E-state index contributed by atoms with van der Waals surface area (Å²) in [5, 5.41) is 9.64. The molecule has 0 saturated heterocycles. The number of aliphatic hydroxyl groups excluding tert-OH is 1.